The topological polar surface area (TPSA) is 38.7 Å². The van der Waals surface area contributed by atoms with E-state index in [2.05, 4.69) is 0 Å². The van der Waals surface area contributed by atoms with Gasteiger partial charge in [0, 0.05) is 23.3 Å². The Morgan fingerprint density at radius 1 is 0.824 bits per heavy atom. The second kappa shape index (κ2) is 11.1. The lowest BCUT2D eigenvalue weighted by molar-refractivity contribution is 0.0119. The van der Waals surface area contributed by atoms with Crippen molar-refractivity contribution in [3.8, 4) is 16.9 Å². The third-order valence-electron chi connectivity index (χ3n) is 6.50. The fraction of sp³-hybridized carbons (Fsp3) is 0.357. The van der Waals surface area contributed by atoms with E-state index in [1.165, 1.54) is 18.2 Å². The van der Waals surface area contributed by atoms with Gasteiger partial charge in [-0.1, -0.05) is 36.4 Å². The highest BCUT2D eigenvalue weighted by Gasteiger charge is 2.24. The van der Waals surface area contributed by atoms with Crippen molar-refractivity contribution in [2.75, 3.05) is 6.61 Å². The molecule has 0 unspecified atom stereocenters. The number of benzene rings is 3. The lowest BCUT2D eigenvalue weighted by Crippen LogP contribution is -2.21. The Labute approximate surface area is 198 Å². The largest absolute Gasteiger partial charge is 0.508 e. The maximum atomic E-state index is 14.7. The van der Waals surface area contributed by atoms with Crippen molar-refractivity contribution in [3.63, 3.8) is 0 Å². The Balaban J connectivity index is 1.32. The molecule has 0 aromatic heterocycles. The Kier molecular flexibility index (Phi) is 7.91. The van der Waals surface area contributed by atoms with Gasteiger partial charge in [0.05, 0.1) is 19.3 Å². The van der Waals surface area contributed by atoms with E-state index in [0.29, 0.717) is 17.7 Å². The van der Waals surface area contributed by atoms with Crippen LogP contribution in [0.25, 0.3) is 11.1 Å². The molecule has 1 aliphatic carbocycles. The van der Waals surface area contributed by atoms with Gasteiger partial charge in [0.1, 0.15) is 11.6 Å². The molecule has 4 rings (SSSR count). The Morgan fingerprint density at radius 2 is 1.53 bits per heavy atom. The van der Waals surface area contributed by atoms with Gasteiger partial charge in [0.2, 0.25) is 0 Å². The SMILES string of the molecule is CCOCc1ccc(C2CCC(OCc3ccc(-c4ccc(O)cc4)c(F)c3F)CC2)cc1F. The molecule has 0 atom stereocenters. The number of rotatable bonds is 8. The molecule has 3 nitrogen and oxygen atoms in total. The maximum Gasteiger partial charge on any atom is 0.167 e. The van der Waals surface area contributed by atoms with Gasteiger partial charge < -0.3 is 14.6 Å². The molecule has 0 aliphatic heterocycles. The van der Waals surface area contributed by atoms with Gasteiger partial charge in [-0.05, 0) is 67.9 Å². The first-order valence-corrected chi connectivity index (χ1v) is 11.7. The summed E-state index contributed by atoms with van der Waals surface area (Å²) in [5.74, 6) is -1.76. The van der Waals surface area contributed by atoms with E-state index in [-0.39, 0.29) is 47.9 Å². The Morgan fingerprint density at radius 3 is 2.21 bits per heavy atom. The van der Waals surface area contributed by atoms with Crippen molar-refractivity contribution in [2.45, 2.75) is 57.8 Å². The summed E-state index contributed by atoms with van der Waals surface area (Å²) in [6, 6.07) is 14.4. The molecule has 0 bridgehead atoms. The van der Waals surface area contributed by atoms with Crippen LogP contribution in [0.5, 0.6) is 5.75 Å². The summed E-state index contributed by atoms with van der Waals surface area (Å²) in [5, 5.41) is 9.39. The second-order valence-corrected chi connectivity index (χ2v) is 8.72. The number of aromatic hydroxyl groups is 1. The summed E-state index contributed by atoms with van der Waals surface area (Å²) in [6.45, 7) is 2.69. The Bertz CT molecular complexity index is 1110. The minimum atomic E-state index is -0.926. The molecule has 0 heterocycles. The lowest BCUT2D eigenvalue weighted by Gasteiger charge is -2.29. The van der Waals surface area contributed by atoms with E-state index >= 15 is 0 Å². The fourth-order valence-corrected chi connectivity index (χ4v) is 4.48. The van der Waals surface area contributed by atoms with Crippen molar-refractivity contribution in [3.05, 3.63) is 88.7 Å². The van der Waals surface area contributed by atoms with Crippen LogP contribution in [-0.4, -0.2) is 17.8 Å². The third kappa shape index (κ3) is 5.62. The molecule has 0 spiro atoms. The monoisotopic (exact) mass is 470 g/mol. The van der Waals surface area contributed by atoms with E-state index in [9.17, 15) is 18.3 Å². The molecule has 1 fully saturated rings. The minimum Gasteiger partial charge on any atom is -0.508 e. The third-order valence-corrected chi connectivity index (χ3v) is 6.50. The highest BCUT2D eigenvalue weighted by atomic mass is 19.2. The van der Waals surface area contributed by atoms with Crippen molar-refractivity contribution in [1.29, 1.82) is 0 Å². The van der Waals surface area contributed by atoms with Crippen molar-refractivity contribution >= 4 is 0 Å². The standard InChI is InChI=1S/C28H29F3O3/c1-2-33-16-21-4-3-20(15-26(21)29)18-7-12-24(13-8-18)34-17-22-9-14-25(28(31)27(22)30)19-5-10-23(32)11-6-19/h3-6,9-11,14-15,18,24,32H,2,7-8,12-13,16-17H2,1H3. The normalized spacial score (nSPS) is 18.2. The summed E-state index contributed by atoms with van der Waals surface area (Å²) in [7, 11) is 0. The fourth-order valence-electron chi connectivity index (χ4n) is 4.48. The number of ether oxygens (including phenoxy) is 2. The van der Waals surface area contributed by atoms with E-state index < -0.39 is 11.6 Å². The summed E-state index contributed by atoms with van der Waals surface area (Å²) in [5.41, 5.74) is 2.35. The smallest absolute Gasteiger partial charge is 0.167 e. The predicted molar refractivity (Wildman–Crippen MR) is 125 cm³/mol. The Hall–Kier alpha value is -2.83. The zero-order chi connectivity index (χ0) is 24.1. The lowest BCUT2D eigenvalue weighted by atomic mass is 9.82. The van der Waals surface area contributed by atoms with Crippen LogP contribution >= 0.6 is 0 Å². The minimum absolute atomic E-state index is 0.00526. The molecule has 1 saturated carbocycles. The number of hydrogen-bond acceptors (Lipinski definition) is 3. The van der Waals surface area contributed by atoms with Gasteiger partial charge in [-0.25, -0.2) is 13.2 Å². The molecule has 3 aromatic rings. The average molecular weight is 471 g/mol. The number of phenolic OH excluding ortho intramolecular Hbond substituents is 1. The molecule has 0 amide bonds. The van der Waals surface area contributed by atoms with Gasteiger partial charge in [-0.3, -0.25) is 0 Å². The zero-order valence-electron chi connectivity index (χ0n) is 19.2. The molecule has 1 N–H and O–H groups in total. The highest BCUT2D eigenvalue weighted by molar-refractivity contribution is 5.65. The van der Waals surface area contributed by atoms with Gasteiger partial charge in [-0.2, -0.15) is 0 Å². The molecule has 3 aromatic carbocycles. The van der Waals surface area contributed by atoms with Crippen LogP contribution in [0.4, 0.5) is 13.2 Å². The molecule has 0 radical (unpaired) electrons. The molecule has 1 aliphatic rings. The van der Waals surface area contributed by atoms with E-state index in [0.717, 1.165) is 31.2 Å². The highest BCUT2D eigenvalue weighted by Crippen LogP contribution is 2.35. The second-order valence-electron chi connectivity index (χ2n) is 8.72. The molecule has 0 saturated heterocycles. The van der Waals surface area contributed by atoms with Crippen LogP contribution in [0.3, 0.4) is 0 Å². The van der Waals surface area contributed by atoms with E-state index in [1.54, 1.807) is 30.3 Å². The average Bonchev–Trinajstić information content (AvgIpc) is 2.85. The van der Waals surface area contributed by atoms with Crippen LogP contribution in [0, 0.1) is 17.5 Å². The molecular weight excluding hydrogens is 441 g/mol. The van der Waals surface area contributed by atoms with E-state index in [4.69, 9.17) is 9.47 Å². The summed E-state index contributed by atoms with van der Waals surface area (Å²) in [6.07, 6.45) is 3.22. The van der Waals surface area contributed by atoms with Crippen molar-refractivity contribution in [2.24, 2.45) is 0 Å². The molecular formula is C28H29F3O3. The van der Waals surface area contributed by atoms with E-state index in [1.807, 2.05) is 13.0 Å². The summed E-state index contributed by atoms with van der Waals surface area (Å²) >= 11 is 0. The van der Waals surface area contributed by atoms with Crippen LogP contribution in [-0.2, 0) is 22.7 Å². The van der Waals surface area contributed by atoms with Gasteiger partial charge in [0.25, 0.3) is 0 Å². The van der Waals surface area contributed by atoms with Crippen LogP contribution in [0.1, 0.15) is 55.2 Å². The quantitative estimate of drug-likeness (QED) is 0.377. The van der Waals surface area contributed by atoms with Gasteiger partial charge >= 0.3 is 0 Å². The summed E-state index contributed by atoms with van der Waals surface area (Å²) in [4.78, 5) is 0. The number of hydrogen-bond donors (Lipinski definition) is 1. The van der Waals surface area contributed by atoms with Crippen LogP contribution < -0.4 is 0 Å². The van der Waals surface area contributed by atoms with Crippen molar-refractivity contribution < 1.29 is 27.8 Å². The predicted octanol–water partition coefficient (Wildman–Crippen LogP) is 7.26. The molecule has 180 valence electrons. The number of phenols is 1. The van der Waals surface area contributed by atoms with Crippen LogP contribution in [0.15, 0.2) is 54.6 Å². The molecule has 34 heavy (non-hydrogen) atoms. The van der Waals surface area contributed by atoms with Gasteiger partial charge in [-0.15, -0.1) is 0 Å². The zero-order valence-corrected chi connectivity index (χ0v) is 19.2. The number of halogens is 3. The first kappa shape index (κ1) is 24.3. The van der Waals surface area contributed by atoms with Gasteiger partial charge in [0.15, 0.2) is 11.6 Å². The molecule has 6 heteroatoms. The summed E-state index contributed by atoms with van der Waals surface area (Å²) < 4.78 is 54.9. The first-order chi connectivity index (χ1) is 16.5. The maximum absolute atomic E-state index is 14.7. The van der Waals surface area contributed by atoms with Crippen LogP contribution in [0.2, 0.25) is 0 Å². The van der Waals surface area contributed by atoms with Crippen molar-refractivity contribution in [1.82, 2.24) is 0 Å². The first-order valence-electron chi connectivity index (χ1n) is 11.7.